The first-order valence-corrected chi connectivity index (χ1v) is 8.49. The third-order valence-corrected chi connectivity index (χ3v) is 4.94. The Morgan fingerprint density at radius 3 is 2.35 bits per heavy atom. The van der Waals surface area contributed by atoms with E-state index in [4.69, 9.17) is 4.74 Å². The van der Waals surface area contributed by atoms with Crippen LogP contribution in [0.3, 0.4) is 0 Å². The summed E-state index contributed by atoms with van der Waals surface area (Å²) in [6.07, 6.45) is 2.13. The Labute approximate surface area is 150 Å². The Kier molecular flexibility index (Phi) is 5.11. The van der Waals surface area contributed by atoms with Gasteiger partial charge in [-0.15, -0.1) is 0 Å². The molecule has 0 amide bonds. The lowest BCUT2D eigenvalue weighted by Crippen LogP contribution is -2.27. The number of hydrogen-bond donors (Lipinski definition) is 0. The summed E-state index contributed by atoms with van der Waals surface area (Å²) in [7, 11) is 1.34. The summed E-state index contributed by atoms with van der Waals surface area (Å²) < 4.78 is 4.85. The summed E-state index contributed by atoms with van der Waals surface area (Å²) in [5.74, 6) is -1.21. The third-order valence-electron chi connectivity index (χ3n) is 4.94. The van der Waals surface area contributed by atoms with E-state index in [1.807, 2.05) is 12.1 Å². The highest BCUT2D eigenvalue weighted by Gasteiger charge is 2.39. The zero-order chi connectivity index (χ0) is 18.7. The van der Waals surface area contributed by atoms with Crippen molar-refractivity contribution < 1.29 is 19.2 Å². The van der Waals surface area contributed by atoms with Crippen molar-refractivity contribution in [3.8, 4) is 11.1 Å². The Hall–Kier alpha value is -3.02. The average molecular weight is 353 g/mol. The zero-order valence-electron chi connectivity index (χ0n) is 14.4. The molecule has 1 aliphatic carbocycles. The SMILES string of the molecule is COC(=O)[C@@H]1CCC[C@H]1C(=O)c1ccccc1-c1ccc([N+](=O)[O-])cc1. The van der Waals surface area contributed by atoms with Crippen molar-refractivity contribution in [1.29, 1.82) is 0 Å². The Bertz CT molecular complexity index is 844. The maximum Gasteiger partial charge on any atom is 0.309 e. The number of nitro groups is 1. The van der Waals surface area contributed by atoms with Crippen molar-refractivity contribution in [3.63, 3.8) is 0 Å². The molecule has 0 saturated heterocycles. The van der Waals surface area contributed by atoms with Gasteiger partial charge in [0.25, 0.3) is 5.69 Å². The maximum absolute atomic E-state index is 13.1. The molecule has 134 valence electrons. The second kappa shape index (κ2) is 7.47. The molecule has 6 heteroatoms. The van der Waals surface area contributed by atoms with Gasteiger partial charge >= 0.3 is 5.97 Å². The van der Waals surface area contributed by atoms with E-state index < -0.39 is 10.8 Å². The van der Waals surface area contributed by atoms with E-state index >= 15 is 0 Å². The second-order valence-electron chi connectivity index (χ2n) is 6.38. The van der Waals surface area contributed by atoms with Gasteiger partial charge in [0.1, 0.15) is 0 Å². The van der Waals surface area contributed by atoms with E-state index in [2.05, 4.69) is 0 Å². The van der Waals surface area contributed by atoms with Gasteiger partial charge in [0.2, 0.25) is 0 Å². The molecule has 2 aromatic rings. The number of non-ortho nitro benzene ring substituents is 1. The topological polar surface area (TPSA) is 86.5 Å². The molecule has 0 aliphatic heterocycles. The predicted molar refractivity (Wildman–Crippen MR) is 95.7 cm³/mol. The first-order chi connectivity index (χ1) is 12.5. The molecule has 0 bridgehead atoms. The number of nitro benzene ring substituents is 1. The fourth-order valence-corrected chi connectivity index (χ4v) is 3.62. The number of ether oxygens (including phenoxy) is 1. The summed E-state index contributed by atoms with van der Waals surface area (Å²) in [6.45, 7) is 0. The van der Waals surface area contributed by atoms with E-state index in [1.54, 1.807) is 24.3 Å². The van der Waals surface area contributed by atoms with Crippen molar-refractivity contribution in [2.75, 3.05) is 7.11 Å². The molecule has 1 saturated carbocycles. The molecule has 0 aromatic heterocycles. The lowest BCUT2D eigenvalue weighted by atomic mass is 9.85. The largest absolute Gasteiger partial charge is 0.469 e. The first-order valence-electron chi connectivity index (χ1n) is 8.49. The Balaban J connectivity index is 1.95. The highest BCUT2D eigenvalue weighted by Crippen LogP contribution is 2.37. The van der Waals surface area contributed by atoms with Crippen LogP contribution in [0.2, 0.25) is 0 Å². The third kappa shape index (κ3) is 3.35. The van der Waals surface area contributed by atoms with Crippen molar-refractivity contribution in [2.45, 2.75) is 19.3 Å². The Morgan fingerprint density at radius 1 is 1.04 bits per heavy atom. The van der Waals surface area contributed by atoms with Gasteiger partial charge in [-0.05, 0) is 36.1 Å². The van der Waals surface area contributed by atoms with Gasteiger partial charge < -0.3 is 4.74 Å². The van der Waals surface area contributed by atoms with Crippen LogP contribution in [0.1, 0.15) is 29.6 Å². The number of methoxy groups -OCH3 is 1. The quantitative estimate of drug-likeness (QED) is 0.350. The van der Waals surface area contributed by atoms with E-state index in [0.29, 0.717) is 24.0 Å². The van der Waals surface area contributed by atoms with Gasteiger partial charge in [0.05, 0.1) is 18.0 Å². The van der Waals surface area contributed by atoms with Crippen molar-refractivity contribution in [1.82, 2.24) is 0 Å². The van der Waals surface area contributed by atoms with Crippen LogP contribution < -0.4 is 0 Å². The smallest absolute Gasteiger partial charge is 0.309 e. The highest BCUT2D eigenvalue weighted by molar-refractivity contribution is 6.05. The molecule has 0 spiro atoms. The van der Waals surface area contributed by atoms with Gasteiger partial charge in [-0.1, -0.05) is 30.7 Å². The minimum absolute atomic E-state index is 0.000828. The minimum atomic E-state index is -0.458. The molecular weight excluding hydrogens is 334 g/mol. The average Bonchev–Trinajstić information content (AvgIpc) is 3.16. The summed E-state index contributed by atoms with van der Waals surface area (Å²) >= 11 is 0. The molecule has 0 N–H and O–H groups in total. The monoisotopic (exact) mass is 353 g/mol. The summed E-state index contributed by atoms with van der Waals surface area (Å²) in [4.78, 5) is 35.5. The maximum atomic E-state index is 13.1. The van der Waals surface area contributed by atoms with Crippen LogP contribution >= 0.6 is 0 Å². The number of esters is 1. The number of carbonyl (C=O) groups excluding carboxylic acids is 2. The lowest BCUT2D eigenvalue weighted by Gasteiger charge is -2.18. The van der Waals surface area contributed by atoms with E-state index in [1.165, 1.54) is 19.2 Å². The van der Waals surface area contributed by atoms with Gasteiger partial charge in [-0.25, -0.2) is 0 Å². The molecule has 6 nitrogen and oxygen atoms in total. The summed E-state index contributed by atoms with van der Waals surface area (Å²) in [5, 5.41) is 10.8. The molecule has 0 unspecified atom stereocenters. The number of ketones is 1. The number of nitrogens with zero attached hydrogens (tertiary/aromatic N) is 1. The number of hydrogen-bond acceptors (Lipinski definition) is 5. The molecule has 2 aromatic carbocycles. The van der Waals surface area contributed by atoms with E-state index in [-0.39, 0.29) is 23.4 Å². The van der Waals surface area contributed by atoms with E-state index in [9.17, 15) is 19.7 Å². The molecule has 3 rings (SSSR count). The van der Waals surface area contributed by atoms with Crippen LogP contribution in [0, 0.1) is 22.0 Å². The van der Waals surface area contributed by atoms with Crippen LogP contribution in [-0.2, 0) is 9.53 Å². The molecule has 1 aliphatic rings. The first kappa shape index (κ1) is 17.8. The summed E-state index contributed by atoms with van der Waals surface area (Å²) in [5.41, 5.74) is 1.97. The molecule has 1 fully saturated rings. The van der Waals surface area contributed by atoms with E-state index in [0.717, 1.165) is 12.0 Å². The fourth-order valence-electron chi connectivity index (χ4n) is 3.62. The normalized spacial score (nSPS) is 19.1. The number of Topliss-reactive ketones (excluding diaryl/α,β-unsaturated/α-hetero) is 1. The van der Waals surface area contributed by atoms with Crippen LogP contribution in [0.15, 0.2) is 48.5 Å². The highest BCUT2D eigenvalue weighted by atomic mass is 16.6. The van der Waals surface area contributed by atoms with Crippen LogP contribution in [0.5, 0.6) is 0 Å². The van der Waals surface area contributed by atoms with Crippen LogP contribution in [-0.4, -0.2) is 23.8 Å². The second-order valence-corrected chi connectivity index (χ2v) is 6.38. The summed E-state index contributed by atoms with van der Waals surface area (Å²) in [6, 6.07) is 13.3. The lowest BCUT2D eigenvalue weighted by molar-refractivity contribution is -0.384. The predicted octanol–water partition coefficient (Wildman–Crippen LogP) is 4.03. The minimum Gasteiger partial charge on any atom is -0.469 e. The molecule has 26 heavy (non-hydrogen) atoms. The van der Waals surface area contributed by atoms with Gasteiger partial charge in [-0.3, -0.25) is 19.7 Å². The standard InChI is InChI=1S/C20H19NO5/c1-26-20(23)18-8-4-7-17(18)19(22)16-6-3-2-5-15(16)13-9-11-14(12-10-13)21(24)25/h2-3,5-6,9-12,17-18H,4,7-8H2,1H3/t17-,18-/m1/s1. The number of rotatable bonds is 5. The fraction of sp³-hybridized carbons (Fsp3) is 0.300. The van der Waals surface area contributed by atoms with Gasteiger partial charge in [-0.2, -0.15) is 0 Å². The van der Waals surface area contributed by atoms with Crippen LogP contribution in [0.4, 0.5) is 5.69 Å². The number of benzene rings is 2. The molecule has 0 heterocycles. The van der Waals surface area contributed by atoms with Crippen LogP contribution in [0.25, 0.3) is 11.1 Å². The molecule has 2 atom stereocenters. The van der Waals surface area contributed by atoms with Crippen molar-refractivity contribution >= 4 is 17.4 Å². The van der Waals surface area contributed by atoms with Gasteiger partial charge in [0, 0.05) is 23.6 Å². The zero-order valence-corrected chi connectivity index (χ0v) is 14.4. The van der Waals surface area contributed by atoms with Gasteiger partial charge in [0.15, 0.2) is 5.78 Å². The van der Waals surface area contributed by atoms with Crippen molar-refractivity contribution in [2.24, 2.45) is 11.8 Å². The number of carbonyl (C=O) groups is 2. The van der Waals surface area contributed by atoms with Crippen molar-refractivity contribution in [3.05, 3.63) is 64.2 Å². The molecule has 0 radical (unpaired) electrons. The molecular formula is C20H19NO5. The Morgan fingerprint density at radius 2 is 1.69 bits per heavy atom.